The smallest absolute Gasteiger partial charge is 0.305 e. The van der Waals surface area contributed by atoms with Gasteiger partial charge in [-0.15, -0.1) is 0 Å². The highest BCUT2D eigenvalue weighted by atomic mass is 16.5. The van der Waals surface area contributed by atoms with Crippen molar-refractivity contribution in [1.82, 2.24) is 5.32 Å². The first-order chi connectivity index (χ1) is 14.7. The van der Waals surface area contributed by atoms with Gasteiger partial charge < -0.3 is 42.8 Å². The van der Waals surface area contributed by atoms with E-state index >= 15 is 0 Å². The van der Waals surface area contributed by atoms with Crippen LogP contribution >= 0.6 is 0 Å². The fraction of sp³-hybridized carbons (Fsp3) is 0.389. The van der Waals surface area contributed by atoms with Crippen LogP contribution in [0.4, 0.5) is 5.69 Å². The van der Waals surface area contributed by atoms with E-state index in [9.17, 15) is 14.4 Å². The standard InChI is InChI=1S/C17H26N6O5.CH2O2/c1-28-13-5-4-10(15(26)21-8-6-14(24)25)9-12(13)23-16(27)11(18)3-2-7-22-17(19)20;2-1-3/h4-5,9,11H,2-3,6-8,18H2,1H3,(H,21,26)(H,23,27)(H,24,25)(H4,19,20,22);1H,(H,2,3)/t11-;/m0./s1. The van der Waals surface area contributed by atoms with E-state index in [1.165, 1.54) is 25.3 Å². The number of carbonyl (C=O) groups excluding carboxylic acids is 2. The van der Waals surface area contributed by atoms with E-state index in [-0.39, 0.29) is 36.6 Å². The minimum absolute atomic E-state index is 0.0114. The highest BCUT2D eigenvalue weighted by Crippen LogP contribution is 2.25. The molecule has 0 aromatic heterocycles. The first-order valence-corrected chi connectivity index (χ1v) is 9.03. The number of carbonyl (C=O) groups is 4. The van der Waals surface area contributed by atoms with Gasteiger partial charge in [-0.2, -0.15) is 0 Å². The van der Waals surface area contributed by atoms with Crippen molar-refractivity contribution < 1.29 is 34.1 Å². The van der Waals surface area contributed by atoms with Crippen LogP contribution in [-0.4, -0.2) is 66.7 Å². The maximum absolute atomic E-state index is 12.3. The van der Waals surface area contributed by atoms with E-state index in [1.54, 1.807) is 0 Å². The molecule has 13 heteroatoms. The lowest BCUT2D eigenvalue weighted by Gasteiger charge is -2.15. The van der Waals surface area contributed by atoms with Gasteiger partial charge in [0.25, 0.3) is 12.4 Å². The molecule has 0 saturated heterocycles. The van der Waals surface area contributed by atoms with Crippen molar-refractivity contribution in [2.75, 3.05) is 25.5 Å². The van der Waals surface area contributed by atoms with E-state index in [4.69, 9.17) is 36.9 Å². The Morgan fingerprint density at radius 3 is 2.48 bits per heavy atom. The Balaban J connectivity index is 0.00000282. The van der Waals surface area contributed by atoms with Crippen LogP contribution in [0.1, 0.15) is 29.6 Å². The molecule has 31 heavy (non-hydrogen) atoms. The van der Waals surface area contributed by atoms with E-state index in [0.29, 0.717) is 25.1 Å². The Hall–Kier alpha value is -3.87. The van der Waals surface area contributed by atoms with Gasteiger partial charge >= 0.3 is 5.97 Å². The largest absolute Gasteiger partial charge is 0.495 e. The molecule has 172 valence electrons. The molecule has 0 heterocycles. The number of carboxylic acid groups (broad SMARTS) is 2. The lowest BCUT2D eigenvalue weighted by Crippen LogP contribution is -2.36. The first-order valence-electron chi connectivity index (χ1n) is 9.03. The fourth-order valence-corrected chi connectivity index (χ4v) is 2.21. The molecule has 0 aliphatic carbocycles. The normalized spacial score (nSPS) is 10.5. The highest BCUT2D eigenvalue weighted by molar-refractivity contribution is 5.99. The number of hydrogen-bond donors (Lipinski definition) is 7. The molecule has 1 aromatic rings. The maximum atomic E-state index is 12.3. The van der Waals surface area contributed by atoms with Crippen molar-refractivity contribution in [3.05, 3.63) is 23.8 Å². The van der Waals surface area contributed by atoms with E-state index in [0.717, 1.165) is 0 Å². The number of nitrogens with two attached hydrogens (primary N) is 3. The Morgan fingerprint density at radius 2 is 1.94 bits per heavy atom. The van der Waals surface area contributed by atoms with Gasteiger partial charge in [0.05, 0.1) is 25.3 Å². The number of methoxy groups -OCH3 is 1. The Labute approximate surface area is 178 Å². The molecule has 0 aliphatic rings. The van der Waals surface area contributed by atoms with Crippen molar-refractivity contribution in [2.24, 2.45) is 22.2 Å². The molecule has 0 radical (unpaired) electrons. The van der Waals surface area contributed by atoms with Gasteiger partial charge in [0.1, 0.15) is 5.75 Å². The van der Waals surface area contributed by atoms with Crippen molar-refractivity contribution in [3.8, 4) is 5.75 Å². The van der Waals surface area contributed by atoms with E-state index < -0.39 is 23.8 Å². The predicted molar refractivity (Wildman–Crippen MR) is 113 cm³/mol. The lowest BCUT2D eigenvalue weighted by atomic mass is 10.1. The average molecular weight is 440 g/mol. The van der Waals surface area contributed by atoms with Crippen LogP contribution in [0.5, 0.6) is 5.75 Å². The molecule has 1 rings (SSSR count). The van der Waals surface area contributed by atoms with Crippen molar-refractivity contribution in [1.29, 1.82) is 0 Å². The van der Waals surface area contributed by atoms with Gasteiger partial charge in [-0.3, -0.25) is 24.2 Å². The summed E-state index contributed by atoms with van der Waals surface area (Å²) in [6.07, 6.45) is 0.691. The van der Waals surface area contributed by atoms with Gasteiger partial charge in [0, 0.05) is 18.7 Å². The number of guanidine groups is 1. The molecule has 13 nitrogen and oxygen atoms in total. The minimum atomic E-state index is -1.02. The number of benzene rings is 1. The summed E-state index contributed by atoms with van der Waals surface area (Å²) >= 11 is 0. The predicted octanol–water partition coefficient (Wildman–Crippen LogP) is -1.08. The Morgan fingerprint density at radius 1 is 1.29 bits per heavy atom. The molecule has 0 fully saturated rings. The van der Waals surface area contributed by atoms with Crippen LogP contribution in [0.2, 0.25) is 0 Å². The second-order valence-corrected chi connectivity index (χ2v) is 5.96. The molecule has 0 unspecified atom stereocenters. The minimum Gasteiger partial charge on any atom is -0.495 e. The topological polar surface area (TPSA) is 232 Å². The maximum Gasteiger partial charge on any atom is 0.305 e. The van der Waals surface area contributed by atoms with Gasteiger partial charge in [-0.05, 0) is 31.0 Å². The fourth-order valence-electron chi connectivity index (χ4n) is 2.21. The molecule has 1 aromatic carbocycles. The number of rotatable bonds is 11. The number of carboxylic acids is 1. The summed E-state index contributed by atoms with van der Waals surface area (Å²) in [7, 11) is 1.42. The van der Waals surface area contributed by atoms with Gasteiger partial charge in [-0.1, -0.05) is 0 Å². The quantitative estimate of drug-likeness (QED) is 0.0951. The summed E-state index contributed by atoms with van der Waals surface area (Å²) in [5.74, 6) is -1.62. The van der Waals surface area contributed by atoms with Crippen LogP contribution in [0.15, 0.2) is 23.2 Å². The van der Waals surface area contributed by atoms with Crippen LogP contribution in [0, 0.1) is 0 Å². The van der Waals surface area contributed by atoms with Gasteiger partial charge in [0.15, 0.2) is 5.96 Å². The van der Waals surface area contributed by atoms with Gasteiger partial charge in [0.2, 0.25) is 5.91 Å². The van der Waals surface area contributed by atoms with E-state index in [2.05, 4.69) is 15.6 Å². The highest BCUT2D eigenvalue weighted by Gasteiger charge is 2.17. The number of aliphatic imine (C=N–C) groups is 1. The van der Waals surface area contributed by atoms with Crippen molar-refractivity contribution in [2.45, 2.75) is 25.3 Å². The summed E-state index contributed by atoms with van der Waals surface area (Å²) in [6.45, 7) is 0.0984. The zero-order valence-electron chi connectivity index (χ0n) is 17.0. The average Bonchev–Trinajstić information content (AvgIpc) is 2.71. The van der Waals surface area contributed by atoms with Crippen LogP contribution < -0.4 is 32.6 Å². The van der Waals surface area contributed by atoms with Crippen molar-refractivity contribution in [3.63, 3.8) is 0 Å². The SMILES string of the molecule is COc1ccc(C(=O)NCCC(=O)O)cc1NC(=O)[C@@H](N)CCCN=C(N)N.O=CO. The molecule has 0 spiro atoms. The number of hydrogen-bond acceptors (Lipinski definition) is 7. The zero-order valence-corrected chi connectivity index (χ0v) is 17.0. The third-order valence-corrected chi connectivity index (χ3v) is 3.65. The number of anilines is 1. The summed E-state index contributed by atoms with van der Waals surface area (Å²) in [5.41, 5.74) is 16.8. The third-order valence-electron chi connectivity index (χ3n) is 3.65. The summed E-state index contributed by atoms with van der Waals surface area (Å²) < 4.78 is 5.19. The number of ether oxygens (including phenoxy) is 1. The molecule has 2 amide bonds. The number of nitrogens with one attached hydrogen (secondary N) is 2. The third kappa shape index (κ3) is 11.7. The van der Waals surface area contributed by atoms with Crippen LogP contribution in [-0.2, 0) is 14.4 Å². The summed E-state index contributed by atoms with van der Waals surface area (Å²) in [5, 5.41) is 20.6. The van der Waals surface area contributed by atoms with E-state index in [1.807, 2.05) is 0 Å². The lowest BCUT2D eigenvalue weighted by molar-refractivity contribution is -0.136. The van der Waals surface area contributed by atoms with Crippen LogP contribution in [0.25, 0.3) is 0 Å². The molecule has 0 saturated carbocycles. The first kappa shape index (κ1) is 27.1. The molecule has 10 N–H and O–H groups in total. The number of amides is 2. The van der Waals surface area contributed by atoms with Gasteiger partial charge in [-0.25, -0.2) is 0 Å². The second-order valence-electron chi connectivity index (χ2n) is 5.96. The Kier molecular flexibility index (Phi) is 13.2. The van der Waals surface area contributed by atoms with Crippen molar-refractivity contribution >= 4 is 35.9 Å². The monoisotopic (exact) mass is 440 g/mol. The second kappa shape index (κ2) is 15.0. The summed E-state index contributed by atoms with van der Waals surface area (Å²) in [6, 6.07) is 3.65. The molecule has 0 aliphatic heterocycles. The number of nitrogens with zero attached hydrogens (tertiary/aromatic N) is 1. The van der Waals surface area contributed by atoms with Crippen LogP contribution in [0.3, 0.4) is 0 Å². The summed E-state index contributed by atoms with van der Waals surface area (Å²) in [4.78, 5) is 47.1. The number of aliphatic carboxylic acids is 1. The Bertz CT molecular complexity index is 781. The zero-order chi connectivity index (χ0) is 23.8. The molecular formula is C18H28N6O7. The molecular weight excluding hydrogens is 412 g/mol. The molecule has 0 bridgehead atoms. The molecule has 1 atom stereocenters.